The maximum atomic E-state index is 13.7. The number of ether oxygens (including phenoxy) is 1. The van der Waals surface area contributed by atoms with Crippen LogP contribution in [0.2, 0.25) is 5.02 Å². The summed E-state index contributed by atoms with van der Waals surface area (Å²) in [6.45, 7) is 0.235. The third kappa shape index (κ3) is 5.96. The molecular weight excluding hydrogens is 508 g/mol. The molecule has 0 radical (unpaired) electrons. The van der Waals surface area contributed by atoms with Gasteiger partial charge in [0, 0.05) is 11.4 Å². The number of rotatable bonds is 7. The summed E-state index contributed by atoms with van der Waals surface area (Å²) < 4.78 is 19.8. The summed E-state index contributed by atoms with van der Waals surface area (Å²) in [6, 6.07) is 20.5. The fourth-order valence-corrected chi connectivity index (χ4v) is 5.56. The van der Waals surface area contributed by atoms with Gasteiger partial charge < -0.3 is 14.6 Å². The van der Waals surface area contributed by atoms with E-state index in [0.29, 0.717) is 28.1 Å². The Morgan fingerprint density at radius 1 is 1.03 bits per heavy atom. The fourth-order valence-electron chi connectivity index (χ4n) is 4.11. The minimum absolute atomic E-state index is 0. The Labute approximate surface area is 239 Å². The molecule has 0 bridgehead atoms. The fraction of sp³-hybridized carbons (Fsp3) is 0.143. The van der Waals surface area contributed by atoms with Gasteiger partial charge in [-0.2, -0.15) is 0 Å². The van der Waals surface area contributed by atoms with E-state index in [4.69, 9.17) is 16.3 Å². The molecule has 176 valence electrons. The van der Waals surface area contributed by atoms with E-state index in [0.717, 1.165) is 22.3 Å². The van der Waals surface area contributed by atoms with Gasteiger partial charge in [-0.1, -0.05) is 60.2 Å². The van der Waals surface area contributed by atoms with Crippen LogP contribution < -0.4 is 39.4 Å². The van der Waals surface area contributed by atoms with Crippen molar-refractivity contribution in [1.29, 1.82) is 0 Å². The van der Waals surface area contributed by atoms with Crippen molar-refractivity contribution in [3.63, 3.8) is 0 Å². The van der Waals surface area contributed by atoms with Crippen molar-refractivity contribution < 1.29 is 48.6 Å². The number of hydrogen-bond donors (Lipinski definition) is 0. The molecule has 1 heterocycles. The van der Waals surface area contributed by atoms with Crippen molar-refractivity contribution in [2.45, 2.75) is 18.3 Å². The Hall–Kier alpha value is -2.35. The van der Waals surface area contributed by atoms with Gasteiger partial charge in [0.1, 0.15) is 18.2 Å². The maximum absolute atomic E-state index is 13.7. The van der Waals surface area contributed by atoms with E-state index in [1.54, 1.807) is 23.9 Å². The molecule has 1 aliphatic carbocycles. The van der Waals surface area contributed by atoms with Gasteiger partial charge in [0.2, 0.25) is 0 Å². The summed E-state index contributed by atoms with van der Waals surface area (Å²) in [5.41, 5.74) is 5.64. The number of carbonyl (C=O) groups is 1. The molecule has 1 atom stereocenters. The van der Waals surface area contributed by atoms with E-state index in [2.05, 4.69) is 29.3 Å². The second-order valence-corrected chi connectivity index (χ2v) is 9.80. The number of carboxylic acids is 1. The van der Waals surface area contributed by atoms with E-state index >= 15 is 0 Å². The number of pyridine rings is 1. The van der Waals surface area contributed by atoms with Crippen LogP contribution in [-0.2, 0) is 11.4 Å². The molecule has 36 heavy (non-hydrogen) atoms. The third-order valence-corrected chi connectivity index (χ3v) is 7.40. The summed E-state index contributed by atoms with van der Waals surface area (Å²) >= 11 is 7.49. The molecule has 0 amide bonds. The topological polar surface area (TPSA) is 62.2 Å². The van der Waals surface area contributed by atoms with Gasteiger partial charge in [0.25, 0.3) is 0 Å². The summed E-state index contributed by atoms with van der Waals surface area (Å²) in [7, 11) is 0. The van der Waals surface area contributed by atoms with E-state index in [1.807, 2.05) is 30.3 Å². The second-order valence-electron chi connectivity index (χ2n) is 8.18. The molecule has 1 unspecified atom stereocenters. The van der Waals surface area contributed by atoms with E-state index in [1.165, 1.54) is 12.1 Å². The zero-order valence-corrected chi connectivity index (χ0v) is 23.1. The normalized spacial score (nSPS) is 13.9. The number of halogens is 2. The summed E-state index contributed by atoms with van der Waals surface area (Å²) in [5, 5.41) is 11.7. The van der Waals surface area contributed by atoms with Gasteiger partial charge in [-0.3, -0.25) is 0 Å². The van der Waals surface area contributed by atoms with Crippen LogP contribution >= 0.6 is 23.4 Å². The maximum Gasteiger partial charge on any atom is 1.00 e. The van der Waals surface area contributed by atoms with Gasteiger partial charge in [0.05, 0.1) is 21.5 Å². The quantitative estimate of drug-likeness (QED) is 0.346. The third-order valence-electron chi connectivity index (χ3n) is 5.83. The molecule has 4 aromatic rings. The predicted octanol–water partition coefficient (Wildman–Crippen LogP) is 3.06. The standard InChI is InChI=1S/C28H21ClFNO3S.Na/c29-24-15-26-19(13-25(24)30)7-9-20(31-26)16-34-21-10-8-18-6-5-17-3-1-2-4-22(17)28(23(18)14-21)35-12-11-27(32)33;/h1-10,13-15,28H,11-12,16H2,(H,32,33);/q;+1/p-1. The molecule has 8 heteroatoms. The van der Waals surface area contributed by atoms with Gasteiger partial charge in [-0.05, 0) is 64.8 Å². The van der Waals surface area contributed by atoms with Crippen LogP contribution in [0.25, 0.3) is 23.1 Å². The monoisotopic (exact) mass is 527 g/mol. The smallest absolute Gasteiger partial charge is 0.550 e. The average Bonchev–Trinajstić information content (AvgIpc) is 3.00. The van der Waals surface area contributed by atoms with Crippen molar-refractivity contribution in [3.05, 3.63) is 106 Å². The van der Waals surface area contributed by atoms with Crippen LogP contribution in [0, 0.1) is 5.82 Å². The van der Waals surface area contributed by atoms with Crippen LogP contribution in [0.15, 0.2) is 66.7 Å². The molecule has 1 aliphatic rings. The Balaban J connectivity index is 0.00000304. The van der Waals surface area contributed by atoms with Crippen LogP contribution in [0.1, 0.15) is 39.6 Å². The number of nitrogens with zero attached hydrogens (tertiary/aromatic N) is 1. The van der Waals surface area contributed by atoms with Crippen molar-refractivity contribution >= 4 is 52.4 Å². The molecule has 0 saturated heterocycles. The summed E-state index contributed by atoms with van der Waals surface area (Å²) in [5.74, 6) is -0.406. The van der Waals surface area contributed by atoms with E-state index in [9.17, 15) is 14.3 Å². The molecule has 0 fully saturated rings. The van der Waals surface area contributed by atoms with E-state index < -0.39 is 11.8 Å². The van der Waals surface area contributed by atoms with Crippen LogP contribution in [0.5, 0.6) is 5.75 Å². The summed E-state index contributed by atoms with van der Waals surface area (Å²) in [4.78, 5) is 15.5. The minimum Gasteiger partial charge on any atom is -0.550 e. The summed E-state index contributed by atoms with van der Waals surface area (Å²) in [6.07, 6.45) is 4.15. The number of thioether (sulfide) groups is 1. The van der Waals surface area contributed by atoms with Crippen LogP contribution in [-0.4, -0.2) is 16.7 Å². The van der Waals surface area contributed by atoms with Crippen LogP contribution in [0.3, 0.4) is 0 Å². The van der Waals surface area contributed by atoms with Crippen molar-refractivity contribution in [2.75, 3.05) is 5.75 Å². The number of aromatic nitrogens is 1. The number of hydrogen-bond acceptors (Lipinski definition) is 5. The van der Waals surface area contributed by atoms with Crippen molar-refractivity contribution in [2.24, 2.45) is 0 Å². The predicted molar refractivity (Wildman–Crippen MR) is 137 cm³/mol. The minimum atomic E-state index is -1.05. The molecule has 3 aromatic carbocycles. The largest absolute Gasteiger partial charge is 1.00 e. The first-order valence-corrected chi connectivity index (χ1v) is 12.5. The van der Waals surface area contributed by atoms with Crippen molar-refractivity contribution in [1.82, 2.24) is 4.98 Å². The Kier molecular flexibility index (Phi) is 8.75. The number of aliphatic carboxylic acids is 1. The first-order chi connectivity index (χ1) is 17.0. The Morgan fingerprint density at radius 3 is 2.61 bits per heavy atom. The molecule has 0 saturated carbocycles. The zero-order chi connectivity index (χ0) is 24.4. The van der Waals surface area contributed by atoms with Gasteiger partial charge in [-0.25, -0.2) is 9.37 Å². The molecule has 0 aliphatic heterocycles. The Morgan fingerprint density at radius 2 is 1.81 bits per heavy atom. The van der Waals surface area contributed by atoms with Gasteiger partial charge in [-0.15, -0.1) is 11.8 Å². The number of carboxylic acid groups (broad SMARTS) is 1. The average molecular weight is 528 g/mol. The number of benzene rings is 3. The van der Waals surface area contributed by atoms with Crippen LogP contribution in [0.4, 0.5) is 4.39 Å². The molecular formula is C28H20ClFNNaO3S. The van der Waals surface area contributed by atoms with Crippen molar-refractivity contribution in [3.8, 4) is 5.75 Å². The SMILES string of the molecule is O=C([O-])CCSC1c2ccccc2C=Cc2ccc(OCc3ccc4cc(F)c(Cl)cc4n3)cc21.[Na+]. The molecule has 0 spiro atoms. The second kappa shape index (κ2) is 11.8. The number of fused-ring (bicyclic) bond motifs is 3. The van der Waals surface area contributed by atoms with Gasteiger partial charge in [0.15, 0.2) is 0 Å². The first-order valence-electron chi connectivity index (χ1n) is 11.1. The Bertz CT molecular complexity index is 1460. The first kappa shape index (κ1) is 26.7. The number of carbonyl (C=O) groups excluding carboxylic acids is 1. The van der Waals surface area contributed by atoms with E-state index in [-0.39, 0.29) is 52.9 Å². The van der Waals surface area contributed by atoms with Gasteiger partial charge >= 0.3 is 29.6 Å². The zero-order valence-electron chi connectivity index (χ0n) is 19.5. The molecule has 1 aromatic heterocycles. The molecule has 4 nitrogen and oxygen atoms in total. The molecule has 5 rings (SSSR count). The molecule has 0 N–H and O–H groups in total.